The van der Waals surface area contributed by atoms with Gasteiger partial charge in [-0.2, -0.15) is 0 Å². The number of rotatable bonds is 9. The number of hydrogen-bond donors (Lipinski definition) is 2. The second kappa shape index (κ2) is 13.6. The third-order valence-electron chi connectivity index (χ3n) is 2.62. The first-order valence-electron chi connectivity index (χ1n) is 7.42. The fourth-order valence-electron chi connectivity index (χ4n) is 1.64. The van der Waals surface area contributed by atoms with Gasteiger partial charge < -0.3 is 20.1 Å². The molecule has 6 heteroatoms. The lowest BCUT2D eigenvalue weighted by Gasteiger charge is -2.13. The highest BCUT2D eigenvalue weighted by atomic mass is 127. The lowest BCUT2D eigenvalue weighted by molar-refractivity contribution is 0.114. The van der Waals surface area contributed by atoms with Crippen molar-refractivity contribution in [1.29, 1.82) is 0 Å². The van der Waals surface area contributed by atoms with Gasteiger partial charge in [-0.3, -0.25) is 4.99 Å². The Kier molecular flexibility index (Phi) is 13.0. The van der Waals surface area contributed by atoms with Gasteiger partial charge in [-0.25, -0.2) is 0 Å². The minimum Gasteiger partial charge on any atom is -0.492 e. The Bertz CT molecular complexity index is 400. The van der Waals surface area contributed by atoms with Crippen LogP contribution in [-0.4, -0.2) is 45.9 Å². The second-order valence-electron chi connectivity index (χ2n) is 5.06. The van der Waals surface area contributed by atoms with E-state index in [1.165, 1.54) is 0 Å². The molecule has 0 radical (unpaired) electrons. The van der Waals surface area contributed by atoms with Crippen molar-refractivity contribution in [2.24, 2.45) is 10.9 Å². The molecule has 0 atom stereocenters. The molecule has 0 spiro atoms. The molecule has 1 aromatic rings. The Hall–Kier alpha value is -1.02. The van der Waals surface area contributed by atoms with E-state index in [-0.39, 0.29) is 24.0 Å². The average Bonchev–Trinajstić information content (AvgIpc) is 2.49. The summed E-state index contributed by atoms with van der Waals surface area (Å²) in [6.07, 6.45) is 0. The summed E-state index contributed by atoms with van der Waals surface area (Å²) in [4.78, 5) is 4.15. The maximum absolute atomic E-state index is 5.60. The Morgan fingerprint density at radius 2 is 1.73 bits per heavy atom. The molecule has 126 valence electrons. The molecular weight excluding hydrogens is 393 g/mol. The summed E-state index contributed by atoms with van der Waals surface area (Å²) in [6.45, 7) is 7.78. The predicted octanol–water partition coefficient (Wildman–Crippen LogP) is 2.52. The fourth-order valence-corrected chi connectivity index (χ4v) is 1.64. The lowest BCUT2D eigenvalue weighted by atomic mass is 10.2. The Morgan fingerprint density at radius 3 is 2.32 bits per heavy atom. The quantitative estimate of drug-likeness (QED) is 0.279. The number of nitrogens with zero attached hydrogens (tertiary/aromatic N) is 1. The zero-order chi connectivity index (χ0) is 15.3. The molecule has 2 N–H and O–H groups in total. The van der Waals surface area contributed by atoms with Gasteiger partial charge in [-0.15, -0.1) is 24.0 Å². The third-order valence-corrected chi connectivity index (χ3v) is 2.62. The van der Waals surface area contributed by atoms with E-state index >= 15 is 0 Å². The molecule has 0 fully saturated rings. The summed E-state index contributed by atoms with van der Waals surface area (Å²) >= 11 is 0. The molecule has 5 nitrogen and oxygen atoms in total. The van der Waals surface area contributed by atoms with E-state index in [9.17, 15) is 0 Å². The molecule has 1 aromatic carbocycles. The molecule has 0 heterocycles. The largest absolute Gasteiger partial charge is 0.492 e. The smallest absolute Gasteiger partial charge is 0.191 e. The maximum Gasteiger partial charge on any atom is 0.191 e. The highest BCUT2D eigenvalue weighted by Gasteiger charge is 1.98. The zero-order valence-corrected chi connectivity index (χ0v) is 16.0. The maximum atomic E-state index is 5.60. The fraction of sp³-hybridized carbons (Fsp3) is 0.562. The van der Waals surface area contributed by atoms with Crippen LogP contribution in [0.2, 0.25) is 0 Å². The van der Waals surface area contributed by atoms with Crippen molar-refractivity contribution in [2.45, 2.75) is 13.8 Å². The Morgan fingerprint density at radius 1 is 1.09 bits per heavy atom. The molecule has 0 aliphatic heterocycles. The number of nitrogens with one attached hydrogen (secondary N) is 2. The first-order valence-corrected chi connectivity index (χ1v) is 7.42. The molecule has 0 saturated carbocycles. The van der Waals surface area contributed by atoms with Gasteiger partial charge >= 0.3 is 0 Å². The molecule has 22 heavy (non-hydrogen) atoms. The molecule has 0 saturated heterocycles. The van der Waals surface area contributed by atoms with Crippen molar-refractivity contribution < 1.29 is 9.47 Å². The number of ether oxygens (including phenoxy) is 2. The van der Waals surface area contributed by atoms with Gasteiger partial charge in [0.05, 0.1) is 13.2 Å². The number of para-hydroxylation sites is 1. The SMILES string of the molecule is CN=C(NCCOCC(C)C)NCCOc1ccccc1.I. The molecule has 1 rings (SSSR count). The van der Waals surface area contributed by atoms with Crippen molar-refractivity contribution in [3.05, 3.63) is 30.3 Å². The summed E-state index contributed by atoms with van der Waals surface area (Å²) in [5.74, 6) is 2.21. The highest BCUT2D eigenvalue weighted by molar-refractivity contribution is 14.0. The Labute approximate surface area is 150 Å². The first kappa shape index (κ1) is 21.0. The summed E-state index contributed by atoms with van der Waals surface area (Å²) in [5, 5.41) is 6.40. The number of benzene rings is 1. The average molecular weight is 421 g/mol. The van der Waals surface area contributed by atoms with Crippen LogP contribution in [-0.2, 0) is 4.74 Å². The molecule has 0 aliphatic rings. The van der Waals surface area contributed by atoms with Crippen LogP contribution in [0.15, 0.2) is 35.3 Å². The van der Waals surface area contributed by atoms with Crippen LogP contribution in [0.1, 0.15) is 13.8 Å². The first-order chi connectivity index (χ1) is 10.2. The molecule has 0 unspecified atom stereocenters. The molecule has 0 aliphatic carbocycles. The second-order valence-corrected chi connectivity index (χ2v) is 5.06. The number of guanidine groups is 1. The van der Waals surface area contributed by atoms with E-state index in [0.717, 1.165) is 24.9 Å². The van der Waals surface area contributed by atoms with E-state index < -0.39 is 0 Å². The van der Waals surface area contributed by atoms with E-state index in [2.05, 4.69) is 29.5 Å². The van der Waals surface area contributed by atoms with Crippen LogP contribution in [0, 0.1) is 5.92 Å². The van der Waals surface area contributed by atoms with Gasteiger partial charge in [0.15, 0.2) is 5.96 Å². The topological polar surface area (TPSA) is 54.9 Å². The summed E-state index contributed by atoms with van der Waals surface area (Å²) in [5.41, 5.74) is 0. The van der Waals surface area contributed by atoms with Crippen molar-refractivity contribution in [3.63, 3.8) is 0 Å². The van der Waals surface area contributed by atoms with Crippen molar-refractivity contribution >= 4 is 29.9 Å². The van der Waals surface area contributed by atoms with Gasteiger partial charge in [-0.05, 0) is 18.1 Å². The monoisotopic (exact) mass is 421 g/mol. The molecule has 0 bridgehead atoms. The summed E-state index contributed by atoms with van der Waals surface area (Å²) in [7, 11) is 1.75. The minimum absolute atomic E-state index is 0. The summed E-state index contributed by atoms with van der Waals surface area (Å²) in [6, 6.07) is 9.78. The standard InChI is InChI=1S/C16H27N3O2.HI/c1-14(2)13-20-11-9-18-16(17-3)19-10-12-21-15-7-5-4-6-8-15;/h4-8,14H,9-13H2,1-3H3,(H2,17,18,19);1H. The molecule has 0 amide bonds. The number of hydrogen-bond acceptors (Lipinski definition) is 3. The van der Waals surface area contributed by atoms with Crippen LogP contribution < -0.4 is 15.4 Å². The highest BCUT2D eigenvalue weighted by Crippen LogP contribution is 2.07. The number of halogens is 1. The van der Waals surface area contributed by atoms with Crippen LogP contribution in [0.5, 0.6) is 5.75 Å². The zero-order valence-electron chi connectivity index (χ0n) is 13.7. The lowest BCUT2D eigenvalue weighted by Crippen LogP contribution is -2.40. The van der Waals surface area contributed by atoms with Crippen molar-refractivity contribution in [2.75, 3.05) is 40.0 Å². The Balaban J connectivity index is 0.00000441. The van der Waals surface area contributed by atoms with Crippen LogP contribution in [0.4, 0.5) is 0 Å². The third kappa shape index (κ3) is 10.7. The van der Waals surface area contributed by atoms with Gasteiger partial charge in [0.1, 0.15) is 12.4 Å². The van der Waals surface area contributed by atoms with Gasteiger partial charge in [-0.1, -0.05) is 32.0 Å². The van der Waals surface area contributed by atoms with Gasteiger partial charge in [0.2, 0.25) is 0 Å². The van der Waals surface area contributed by atoms with E-state index in [4.69, 9.17) is 9.47 Å². The van der Waals surface area contributed by atoms with Crippen LogP contribution in [0.25, 0.3) is 0 Å². The van der Waals surface area contributed by atoms with E-state index in [1.54, 1.807) is 7.05 Å². The number of aliphatic imine (C=N–C) groups is 1. The summed E-state index contributed by atoms with van der Waals surface area (Å²) < 4.78 is 11.1. The van der Waals surface area contributed by atoms with Crippen LogP contribution >= 0.6 is 24.0 Å². The van der Waals surface area contributed by atoms with Gasteiger partial charge in [0.25, 0.3) is 0 Å². The van der Waals surface area contributed by atoms with Crippen LogP contribution in [0.3, 0.4) is 0 Å². The van der Waals surface area contributed by atoms with Crippen molar-refractivity contribution in [3.8, 4) is 5.75 Å². The van der Waals surface area contributed by atoms with Gasteiger partial charge in [0, 0.05) is 20.2 Å². The normalized spacial score (nSPS) is 11.0. The predicted molar refractivity (Wildman–Crippen MR) is 102 cm³/mol. The molecule has 0 aromatic heterocycles. The minimum atomic E-state index is 0. The van der Waals surface area contributed by atoms with Crippen molar-refractivity contribution in [1.82, 2.24) is 10.6 Å². The van der Waals surface area contributed by atoms with E-state index in [1.807, 2.05) is 30.3 Å². The molecular formula is C16H28IN3O2. The van der Waals surface area contributed by atoms with E-state index in [0.29, 0.717) is 25.7 Å².